The number of thioether (sulfide) groups is 1. The van der Waals surface area contributed by atoms with Crippen LogP contribution in [0.1, 0.15) is 43.7 Å². The summed E-state index contributed by atoms with van der Waals surface area (Å²) < 4.78 is 0. The summed E-state index contributed by atoms with van der Waals surface area (Å²) in [5.74, 6) is 0.0344. The van der Waals surface area contributed by atoms with E-state index in [1.807, 2.05) is 64.4 Å². The highest BCUT2D eigenvalue weighted by Gasteiger charge is 2.29. The summed E-state index contributed by atoms with van der Waals surface area (Å²) in [6.45, 7) is 6.05. The Morgan fingerprint density at radius 3 is 2.46 bits per heavy atom. The van der Waals surface area contributed by atoms with E-state index in [2.05, 4.69) is 56.3 Å². The third-order valence-corrected chi connectivity index (χ3v) is 8.62. The molecule has 194 valence electrons. The first kappa shape index (κ1) is 25.2. The molecule has 0 fully saturated rings. The largest absolute Gasteiger partial charge is 0.334 e. The number of hydrogen-bond donors (Lipinski definition) is 0. The van der Waals surface area contributed by atoms with Gasteiger partial charge in [0.05, 0.1) is 17.1 Å². The Balaban J connectivity index is 1.24. The summed E-state index contributed by atoms with van der Waals surface area (Å²) in [4.78, 5) is 32.5. The van der Waals surface area contributed by atoms with Gasteiger partial charge in [-0.2, -0.15) is 0 Å². The average molecular weight is 531 g/mol. The molecule has 0 saturated heterocycles. The fourth-order valence-corrected chi connectivity index (χ4v) is 6.34. The van der Waals surface area contributed by atoms with Crippen molar-refractivity contribution >= 4 is 35.3 Å². The number of carbonyl (C=O) groups is 2. The van der Waals surface area contributed by atoms with Gasteiger partial charge in [-0.25, -0.2) is 0 Å². The normalized spacial score (nSPS) is 15.7. The molecule has 39 heavy (non-hydrogen) atoms. The lowest BCUT2D eigenvalue weighted by molar-refractivity contribution is -0.114. The van der Waals surface area contributed by atoms with Crippen molar-refractivity contribution in [2.75, 3.05) is 11.4 Å². The van der Waals surface area contributed by atoms with Crippen LogP contribution in [0.2, 0.25) is 0 Å². The molecule has 2 aliphatic heterocycles. The maximum Gasteiger partial charge on any atom is 0.265 e. The fraction of sp³-hybridized carbons (Fsp3) is 0.176. The summed E-state index contributed by atoms with van der Waals surface area (Å²) in [7, 11) is 0. The predicted molar refractivity (Wildman–Crippen MR) is 159 cm³/mol. The number of carbonyl (C=O) groups excluding carboxylic acids is 2. The van der Waals surface area contributed by atoms with Gasteiger partial charge in [0.25, 0.3) is 11.8 Å². The van der Waals surface area contributed by atoms with Gasteiger partial charge in [0.15, 0.2) is 0 Å². The van der Waals surface area contributed by atoms with E-state index in [0.29, 0.717) is 23.6 Å². The molecule has 5 heteroatoms. The van der Waals surface area contributed by atoms with Crippen molar-refractivity contribution in [2.45, 2.75) is 38.3 Å². The standard InChI is InChI=1S/C34H30N2O2S/c1-23-11-12-24(2)29(19-23)22-36-30-9-5-6-10-31(30)39-32(34(36)38)20-25-13-15-27(16-14-25)33(37)35-18-17-26-7-3-4-8-28(26)21-35/h3-16,19-20H,17-18,21-22H2,1-2H3. The summed E-state index contributed by atoms with van der Waals surface area (Å²) in [6.07, 6.45) is 2.82. The van der Waals surface area contributed by atoms with E-state index in [1.54, 1.807) is 0 Å². The van der Waals surface area contributed by atoms with Crippen LogP contribution < -0.4 is 4.90 Å². The minimum atomic E-state index is -0.00765. The molecular weight excluding hydrogens is 500 g/mol. The first-order chi connectivity index (χ1) is 19.0. The van der Waals surface area contributed by atoms with Crippen LogP contribution in [0.15, 0.2) is 101 Å². The van der Waals surface area contributed by atoms with Crippen LogP contribution in [0.4, 0.5) is 5.69 Å². The second-order valence-electron chi connectivity index (χ2n) is 10.3. The van der Waals surface area contributed by atoms with Gasteiger partial charge in [-0.05, 0) is 78.4 Å². The molecule has 0 spiro atoms. The molecule has 2 aliphatic rings. The minimum absolute atomic E-state index is 0.00765. The maximum atomic E-state index is 13.8. The van der Waals surface area contributed by atoms with E-state index in [-0.39, 0.29) is 11.8 Å². The van der Waals surface area contributed by atoms with Crippen LogP contribution in [0.25, 0.3) is 6.08 Å². The summed E-state index contributed by atoms with van der Waals surface area (Å²) >= 11 is 1.50. The van der Waals surface area contributed by atoms with E-state index in [1.165, 1.54) is 34.0 Å². The van der Waals surface area contributed by atoms with Crippen LogP contribution in [0.3, 0.4) is 0 Å². The van der Waals surface area contributed by atoms with Crippen molar-refractivity contribution in [1.29, 1.82) is 0 Å². The SMILES string of the molecule is Cc1ccc(C)c(CN2C(=O)C(=Cc3ccc(C(=O)N4CCc5ccccc5C4)cc3)Sc3ccccc32)c1. The second-order valence-corrected chi connectivity index (χ2v) is 11.4. The lowest BCUT2D eigenvalue weighted by atomic mass is 9.99. The quantitative estimate of drug-likeness (QED) is 0.262. The Hall–Kier alpha value is -4.09. The molecule has 2 heterocycles. The molecule has 4 aromatic rings. The number of rotatable bonds is 4. The van der Waals surface area contributed by atoms with Crippen molar-refractivity contribution in [2.24, 2.45) is 0 Å². The minimum Gasteiger partial charge on any atom is -0.334 e. The van der Waals surface area contributed by atoms with E-state index in [0.717, 1.165) is 34.7 Å². The van der Waals surface area contributed by atoms with Gasteiger partial charge < -0.3 is 9.80 Å². The van der Waals surface area contributed by atoms with Crippen LogP contribution in [-0.2, 0) is 24.3 Å². The van der Waals surface area contributed by atoms with Crippen LogP contribution in [-0.4, -0.2) is 23.3 Å². The number of hydrogen-bond acceptors (Lipinski definition) is 3. The highest BCUT2D eigenvalue weighted by Crippen LogP contribution is 2.42. The van der Waals surface area contributed by atoms with Crippen LogP contribution >= 0.6 is 11.8 Å². The molecule has 0 N–H and O–H groups in total. The van der Waals surface area contributed by atoms with Gasteiger partial charge >= 0.3 is 0 Å². The first-order valence-corrected chi connectivity index (χ1v) is 14.1. The van der Waals surface area contributed by atoms with Crippen LogP contribution in [0.5, 0.6) is 0 Å². The highest BCUT2D eigenvalue weighted by atomic mass is 32.2. The first-order valence-electron chi connectivity index (χ1n) is 13.3. The van der Waals surface area contributed by atoms with Gasteiger partial charge in [0.2, 0.25) is 0 Å². The molecule has 0 radical (unpaired) electrons. The summed E-state index contributed by atoms with van der Waals surface area (Å²) in [5, 5.41) is 0. The Morgan fingerprint density at radius 1 is 0.897 bits per heavy atom. The molecular formula is C34H30N2O2S. The molecule has 0 atom stereocenters. The topological polar surface area (TPSA) is 40.6 Å². The fourth-order valence-electron chi connectivity index (χ4n) is 5.29. The zero-order valence-corrected chi connectivity index (χ0v) is 23.0. The zero-order chi connectivity index (χ0) is 26.9. The van der Waals surface area contributed by atoms with E-state index >= 15 is 0 Å². The van der Waals surface area contributed by atoms with Gasteiger partial charge in [0, 0.05) is 23.5 Å². The monoisotopic (exact) mass is 530 g/mol. The number of fused-ring (bicyclic) bond motifs is 2. The average Bonchev–Trinajstić information content (AvgIpc) is 2.96. The lowest BCUT2D eigenvalue weighted by Crippen LogP contribution is -2.35. The molecule has 4 nitrogen and oxygen atoms in total. The number of aryl methyl sites for hydroxylation is 2. The van der Waals surface area contributed by atoms with Crippen molar-refractivity contribution in [3.8, 4) is 0 Å². The molecule has 0 aromatic heterocycles. The van der Waals surface area contributed by atoms with Gasteiger partial charge in [-0.3, -0.25) is 9.59 Å². The molecule has 0 unspecified atom stereocenters. The lowest BCUT2D eigenvalue weighted by Gasteiger charge is -2.31. The van der Waals surface area contributed by atoms with E-state index in [9.17, 15) is 9.59 Å². The highest BCUT2D eigenvalue weighted by molar-refractivity contribution is 8.04. The molecule has 0 aliphatic carbocycles. The third-order valence-electron chi connectivity index (χ3n) is 7.54. The van der Waals surface area contributed by atoms with Crippen LogP contribution in [0, 0.1) is 13.8 Å². The number of para-hydroxylation sites is 1. The number of anilines is 1. The predicted octanol–water partition coefficient (Wildman–Crippen LogP) is 7.18. The molecule has 0 bridgehead atoms. The molecule has 6 rings (SSSR count). The van der Waals surface area contributed by atoms with Gasteiger partial charge in [-0.15, -0.1) is 0 Å². The second kappa shape index (κ2) is 10.6. The Morgan fingerprint density at radius 2 is 1.64 bits per heavy atom. The zero-order valence-electron chi connectivity index (χ0n) is 22.2. The smallest absolute Gasteiger partial charge is 0.265 e. The Kier molecular flexibility index (Phi) is 6.84. The van der Waals surface area contributed by atoms with Crippen molar-refractivity contribution in [3.05, 3.63) is 135 Å². The summed E-state index contributed by atoms with van der Waals surface area (Å²) in [6, 6.07) is 30.4. The van der Waals surface area contributed by atoms with Gasteiger partial charge in [0.1, 0.15) is 0 Å². The number of benzene rings is 4. The molecule has 4 aromatic carbocycles. The summed E-state index contributed by atoms with van der Waals surface area (Å²) in [5.41, 5.74) is 8.55. The van der Waals surface area contributed by atoms with E-state index in [4.69, 9.17) is 0 Å². The number of amides is 2. The van der Waals surface area contributed by atoms with Gasteiger partial charge in [-0.1, -0.05) is 84.1 Å². The molecule has 0 saturated carbocycles. The molecule has 2 amide bonds. The Bertz CT molecular complexity index is 1610. The number of nitrogens with zero attached hydrogens (tertiary/aromatic N) is 2. The van der Waals surface area contributed by atoms with Crippen molar-refractivity contribution in [3.63, 3.8) is 0 Å². The maximum absolute atomic E-state index is 13.8. The third kappa shape index (κ3) is 5.15. The van der Waals surface area contributed by atoms with Crippen molar-refractivity contribution < 1.29 is 9.59 Å². The Labute approximate surface area is 234 Å². The van der Waals surface area contributed by atoms with E-state index < -0.39 is 0 Å². The van der Waals surface area contributed by atoms with Crippen molar-refractivity contribution in [1.82, 2.24) is 4.90 Å².